The van der Waals surface area contributed by atoms with Crippen LogP contribution in [0.4, 0.5) is 0 Å². The third-order valence-electron chi connectivity index (χ3n) is 4.80. The Morgan fingerprint density at radius 1 is 1.30 bits per heavy atom. The molecule has 2 aromatic rings. The largest absolute Gasteiger partial charge is 0.383 e. The molecule has 122 valence electrons. The van der Waals surface area contributed by atoms with Gasteiger partial charge >= 0.3 is 0 Å². The maximum absolute atomic E-state index is 5.47. The Morgan fingerprint density at radius 2 is 2.22 bits per heavy atom. The first-order valence-corrected chi connectivity index (χ1v) is 8.40. The van der Waals surface area contributed by atoms with Crippen LogP contribution in [0.1, 0.15) is 36.0 Å². The molecule has 2 aromatic heterocycles. The highest BCUT2D eigenvalue weighted by molar-refractivity contribution is 5.20. The van der Waals surface area contributed by atoms with Crippen LogP contribution >= 0.6 is 0 Å². The Morgan fingerprint density at radius 3 is 2.96 bits per heavy atom. The summed E-state index contributed by atoms with van der Waals surface area (Å²) in [5.74, 6) is 0.813. The lowest BCUT2D eigenvalue weighted by Gasteiger charge is -2.34. The molecule has 0 aromatic carbocycles. The summed E-state index contributed by atoms with van der Waals surface area (Å²) in [6.45, 7) is 3.49. The summed E-state index contributed by atoms with van der Waals surface area (Å²) in [7, 11) is 1.75. The van der Waals surface area contributed by atoms with Crippen LogP contribution in [0, 0.1) is 5.92 Å². The van der Waals surface area contributed by atoms with Crippen LogP contribution in [0.5, 0.6) is 0 Å². The normalized spacial score (nSPS) is 21.3. The summed E-state index contributed by atoms with van der Waals surface area (Å²) in [4.78, 5) is 6.86. The molecule has 1 fully saturated rings. The lowest BCUT2D eigenvalue weighted by molar-refractivity contribution is 0.0741. The molecule has 0 spiro atoms. The monoisotopic (exact) mass is 313 g/mol. The Kier molecular flexibility index (Phi) is 4.10. The second kappa shape index (κ2) is 6.37. The summed E-state index contributed by atoms with van der Waals surface area (Å²) in [6, 6.07) is 6.23. The van der Waals surface area contributed by atoms with Crippen molar-refractivity contribution in [3.63, 3.8) is 0 Å². The summed E-state index contributed by atoms with van der Waals surface area (Å²) < 4.78 is 7.60. The highest BCUT2D eigenvalue weighted by Gasteiger charge is 2.33. The van der Waals surface area contributed by atoms with Gasteiger partial charge in [-0.3, -0.25) is 9.88 Å². The van der Waals surface area contributed by atoms with Crippen molar-refractivity contribution >= 4 is 0 Å². The SMILES string of the molecule is COCC1c2nnn(CC3CC3)c2CCN1Cc1ccccn1. The number of hydrogen-bond donors (Lipinski definition) is 0. The fourth-order valence-corrected chi connectivity index (χ4v) is 3.36. The molecule has 0 radical (unpaired) electrons. The van der Waals surface area contributed by atoms with Crippen molar-refractivity contribution in [3.8, 4) is 0 Å². The smallest absolute Gasteiger partial charge is 0.105 e. The van der Waals surface area contributed by atoms with Crippen molar-refractivity contribution in [3.05, 3.63) is 41.5 Å². The zero-order valence-electron chi connectivity index (χ0n) is 13.6. The van der Waals surface area contributed by atoms with E-state index < -0.39 is 0 Å². The molecule has 2 aliphatic rings. The quantitative estimate of drug-likeness (QED) is 0.814. The van der Waals surface area contributed by atoms with E-state index in [9.17, 15) is 0 Å². The first-order chi connectivity index (χ1) is 11.3. The predicted octanol–water partition coefficient (Wildman–Crippen LogP) is 1.83. The van der Waals surface area contributed by atoms with Gasteiger partial charge in [0.05, 0.1) is 24.0 Å². The van der Waals surface area contributed by atoms with Crippen LogP contribution in [0.2, 0.25) is 0 Å². The van der Waals surface area contributed by atoms with Gasteiger partial charge in [0.1, 0.15) is 5.69 Å². The lowest BCUT2D eigenvalue weighted by Crippen LogP contribution is -2.38. The average Bonchev–Trinajstić information content (AvgIpc) is 3.30. The van der Waals surface area contributed by atoms with Gasteiger partial charge in [-0.05, 0) is 30.9 Å². The van der Waals surface area contributed by atoms with E-state index in [1.165, 1.54) is 18.5 Å². The Labute approximate surface area is 136 Å². The number of methoxy groups -OCH3 is 1. The molecule has 23 heavy (non-hydrogen) atoms. The third kappa shape index (κ3) is 3.14. The van der Waals surface area contributed by atoms with Crippen LogP contribution < -0.4 is 0 Å². The fourth-order valence-electron chi connectivity index (χ4n) is 3.36. The topological polar surface area (TPSA) is 56.1 Å². The lowest BCUT2D eigenvalue weighted by atomic mass is 10.0. The molecule has 1 aliphatic carbocycles. The molecule has 1 atom stereocenters. The van der Waals surface area contributed by atoms with E-state index >= 15 is 0 Å². The Hall–Kier alpha value is -1.79. The molecule has 4 rings (SSSR count). The van der Waals surface area contributed by atoms with Crippen LogP contribution in [0.3, 0.4) is 0 Å². The van der Waals surface area contributed by atoms with Crippen molar-refractivity contribution in [2.24, 2.45) is 5.92 Å². The predicted molar refractivity (Wildman–Crippen MR) is 85.7 cm³/mol. The minimum absolute atomic E-state index is 0.165. The van der Waals surface area contributed by atoms with E-state index in [0.717, 1.165) is 43.4 Å². The van der Waals surface area contributed by atoms with Gasteiger partial charge in [0, 0.05) is 39.4 Å². The van der Waals surface area contributed by atoms with Crippen LogP contribution in [0.15, 0.2) is 24.4 Å². The molecular weight excluding hydrogens is 290 g/mol. The van der Waals surface area contributed by atoms with E-state index in [-0.39, 0.29) is 6.04 Å². The van der Waals surface area contributed by atoms with E-state index in [4.69, 9.17) is 4.74 Å². The highest BCUT2D eigenvalue weighted by Crippen LogP contribution is 2.33. The number of ether oxygens (including phenoxy) is 1. The number of pyridine rings is 1. The van der Waals surface area contributed by atoms with Crippen LogP contribution in [-0.4, -0.2) is 45.1 Å². The number of aromatic nitrogens is 4. The number of fused-ring (bicyclic) bond motifs is 1. The van der Waals surface area contributed by atoms with Gasteiger partial charge in [-0.15, -0.1) is 5.10 Å². The molecule has 1 saturated carbocycles. The van der Waals surface area contributed by atoms with Gasteiger partial charge in [-0.25, -0.2) is 4.68 Å². The zero-order chi connectivity index (χ0) is 15.6. The molecule has 1 aliphatic heterocycles. The van der Waals surface area contributed by atoms with Gasteiger partial charge in [0.2, 0.25) is 0 Å². The molecule has 6 nitrogen and oxygen atoms in total. The molecule has 6 heteroatoms. The van der Waals surface area contributed by atoms with Gasteiger partial charge in [0.25, 0.3) is 0 Å². The van der Waals surface area contributed by atoms with Gasteiger partial charge in [0.15, 0.2) is 0 Å². The standard InChI is InChI=1S/C17H23N5O/c1-23-12-16-17-15(22(20-19-17)10-13-5-6-13)7-9-21(16)11-14-4-2-3-8-18-14/h2-4,8,13,16H,5-7,9-12H2,1H3. The van der Waals surface area contributed by atoms with E-state index in [1.54, 1.807) is 7.11 Å². The number of hydrogen-bond acceptors (Lipinski definition) is 5. The van der Waals surface area contributed by atoms with Gasteiger partial charge < -0.3 is 4.74 Å². The molecule has 0 N–H and O–H groups in total. The van der Waals surface area contributed by atoms with E-state index in [1.807, 2.05) is 18.3 Å². The Bertz CT molecular complexity index is 652. The fraction of sp³-hybridized carbons (Fsp3) is 0.588. The summed E-state index contributed by atoms with van der Waals surface area (Å²) in [6.07, 6.45) is 5.52. The highest BCUT2D eigenvalue weighted by atomic mass is 16.5. The third-order valence-corrected chi connectivity index (χ3v) is 4.80. The molecular formula is C17H23N5O. The van der Waals surface area contributed by atoms with Crippen molar-refractivity contribution in [1.29, 1.82) is 0 Å². The van der Waals surface area contributed by atoms with Crippen molar-refractivity contribution < 1.29 is 4.74 Å². The molecule has 3 heterocycles. The van der Waals surface area contributed by atoms with E-state index in [2.05, 4.69) is 30.9 Å². The van der Waals surface area contributed by atoms with Gasteiger partial charge in [-0.1, -0.05) is 11.3 Å². The maximum atomic E-state index is 5.47. The van der Waals surface area contributed by atoms with Crippen LogP contribution in [0.25, 0.3) is 0 Å². The molecule has 1 unspecified atom stereocenters. The average molecular weight is 313 g/mol. The van der Waals surface area contributed by atoms with Crippen LogP contribution in [-0.2, 0) is 24.2 Å². The second-order valence-corrected chi connectivity index (χ2v) is 6.56. The van der Waals surface area contributed by atoms with Gasteiger partial charge in [-0.2, -0.15) is 0 Å². The molecule has 0 saturated heterocycles. The van der Waals surface area contributed by atoms with Crippen molar-refractivity contribution in [2.75, 3.05) is 20.3 Å². The number of rotatable bonds is 6. The minimum Gasteiger partial charge on any atom is -0.383 e. The van der Waals surface area contributed by atoms with Crippen molar-refractivity contribution in [1.82, 2.24) is 24.9 Å². The first-order valence-electron chi connectivity index (χ1n) is 8.40. The summed E-state index contributed by atoms with van der Waals surface area (Å²) in [5, 5.41) is 8.92. The molecule has 0 amide bonds. The zero-order valence-corrected chi connectivity index (χ0v) is 13.6. The molecule has 0 bridgehead atoms. The number of nitrogens with zero attached hydrogens (tertiary/aromatic N) is 5. The first kappa shape index (κ1) is 14.8. The minimum atomic E-state index is 0.165. The summed E-state index contributed by atoms with van der Waals surface area (Å²) >= 11 is 0. The second-order valence-electron chi connectivity index (χ2n) is 6.56. The Balaban J connectivity index is 1.56. The van der Waals surface area contributed by atoms with Crippen molar-refractivity contribution in [2.45, 2.75) is 38.4 Å². The maximum Gasteiger partial charge on any atom is 0.105 e. The summed E-state index contributed by atoms with van der Waals surface area (Å²) in [5.41, 5.74) is 3.48. The van der Waals surface area contributed by atoms with E-state index in [0.29, 0.717) is 6.61 Å².